The zero-order valence-electron chi connectivity index (χ0n) is 18.2. The molecule has 1 aliphatic rings. The molecule has 4 heteroatoms. The molecule has 0 radical (unpaired) electrons. The van der Waals surface area contributed by atoms with Crippen LogP contribution in [0.5, 0.6) is 0 Å². The molecule has 3 rings (SSSR count). The average molecular weight is 460 g/mol. The predicted molar refractivity (Wildman–Crippen MR) is 133 cm³/mol. The molecule has 0 spiro atoms. The van der Waals surface area contributed by atoms with Crippen LogP contribution in [0.2, 0.25) is 5.04 Å². The van der Waals surface area contributed by atoms with E-state index in [1.165, 1.54) is 23.2 Å². The van der Waals surface area contributed by atoms with Crippen molar-refractivity contribution in [2.24, 2.45) is 5.92 Å². The molecule has 0 heterocycles. The van der Waals surface area contributed by atoms with Crippen molar-refractivity contribution in [3.8, 4) is 0 Å². The number of halogens is 2. The van der Waals surface area contributed by atoms with Gasteiger partial charge in [-0.3, -0.25) is 0 Å². The maximum atomic E-state index is 7.31. The molecule has 0 aliphatic heterocycles. The Morgan fingerprint density at radius 3 is 2.00 bits per heavy atom. The van der Waals surface area contributed by atoms with Crippen molar-refractivity contribution in [3.63, 3.8) is 0 Å². The molecule has 0 unspecified atom stereocenters. The monoisotopic (exact) mass is 458 g/mol. The first-order chi connectivity index (χ1) is 14.3. The van der Waals surface area contributed by atoms with Crippen LogP contribution in [0.4, 0.5) is 0 Å². The molecule has 2 aromatic carbocycles. The van der Waals surface area contributed by atoms with Crippen LogP contribution < -0.4 is 10.4 Å². The van der Waals surface area contributed by atoms with Crippen molar-refractivity contribution in [2.75, 3.05) is 0 Å². The van der Waals surface area contributed by atoms with Gasteiger partial charge in [0.15, 0.2) is 0 Å². The van der Waals surface area contributed by atoms with Gasteiger partial charge < -0.3 is 4.43 Å². The van der Waals surface area contributed by atoms with E-state index in [1.54, 1.807) is 6.08 Å². The molecule has 0 N–H and O–H groups in total. The largest absolute Gasteiger partial charge is 0.404 e. The molecular weight excluding hydrogens is 427 g/mol. The summed E-state index contributed by atoms with van der Waals surface area (Å²) >= 11 is 11.5. The summed E-state index contributed by atoms with van der Waals surface area (Å²) in [7, 11) is -2.49. The summed E-state index contributed by atoms with van der Waals surface area (Å²) in [5.41, 5.74) is 0. The Morgan fingerprint density at radius 2 is 1.50 bits per heavy atom. The van der Waals surface area contributed by atoms with Crippen LogP contribution in [-0.2, 0) is 4.43 Å². The highest BCUT2D eigenvalue weighted by Gasteiger charge is 2.51. The SMILES string of the molecule is CC(C)(C)[Si](O[C@@H]1CCC[C@H](/C=C\C=C(Cl)Cl)C1)(c1ccccc1)c1ccccc1. The van der Waals surface area contributed by atoms with Crippen molar-refractivity contribution >= 4 is 41.9 Å². The lowest BCUT2D eigenvalue weighted by Gasteiger charge is -2.46. The van der Waals surface area contributed by atoms with E-state index in [0.29, 0.717) is 10.4 Å². The third-order valence-corrected chi connectivity index (χ3v) is 11.4. The van der Waals surface area contributed by atoms with E-state index >= 15 is 0 Å². The van der Waals surface area contributed by atoms with Crippen LogP contribution in [0.15, 0.2) is 83.4 Å². The van der Waals surface area contributed by atoms with Gasteiger partial charge in [-0.1, -0.05) is 123 Å². The maximum Gasteiger partial charge on any atom is 0.261 e. The number of allylic oxidation sites excluding steroid dienone is 3. The highest BCUT2D eigenvalue weighted by molar-refractivity contribution is 6.99. The predicted octanol–water partition coefficient (Wildman–Crippen LogP) is 7.00. The minimum absolute atomic E-state index is 0.00732. The molecule has 0 amide bonds. The molecule has 2 atom stereocenters. The van der Waals surface area contributed by atoms with Gasteiger partial charge in [-0.05, 0) is 46.7 Å². The van der Waals surface area contributed by atoms with Crippen molar-refractivity contribution in [3.05, 3.63) is 83.4 Å². The highest BCUT2D eigenvalue weighted by atomic mass is 35.5. The molecule has 1 aliphatic carbocycles. The topological polar surface area (TPSA) is 9.23 Å². The molecule has 0 bridgehead atoms. The van der Waals surface area contributed by atoms with E-state index in [4.69, 9.17) is 27.6 Å². The fourth-order valence-electron chi connectivity index (χ4n) is 4.69. The molecule has 1 nitrogen and oxygen atoms in total. The summed E-state index contributed by atoms with van der Waals surface area (Å²) in [6, 6.07) is 21.8. The summed E-state index contributed by atoms with van der Waals surface area (Å²) in [6.07, 6.45) is 10.7. The molecule has 1 saturated carbocycles. The summed E-state index contributed by atoms with van der Waals surface area (Å²) < 4.78 is 7.60. The number of rotatable bonds is 6. The van der Waals surface area contributed by atoms with Crippen molar-refractivity contribution < 1.29 is 4.43 Å². The van der Waals surface area contributed by atoms with Gasteiger partial charge in [0.1, 0.15) is 4.49 Å². The highest BCUT2D eigenvalue weighted by Crippen LogP contribution is 2.40. The normalized spacial score (nSPS) is 20.3. The Hall–Kier alpha value is -1.32. The van der Waals surface area contributed by atoms with E-state index in [0.717, 1.165) is 12.8 Å². The van der Waals surface area contributed by atoms with Crippen molar-refractivity contribution in [1.82, 2.24) is 0 Å². The smallest absolute Gasteiger partial charge is 0.261 e. The Kier molecular flexibility index (Phi) is 8.03. The molecule has 0 saturated heterocycles. The number of benzene rings is 2. The van der Waals surface area contributed by atoms with E-state index < -0.39 is 8.32 Å². The second-order valence-corrected chi connectivity index (χ2v) is 14.4. The van der Waals surface area contributed by atoms with Crippen molar-refractivity contribution in [1.29, 1.82) is 0 Å². The van der Waals surface area contributed by atoms with E-state index in [2.05, 4.69) is 87.5 Å². The molecule has 160 valence electrons. The standard InChI is InChI=1S/C26H32Cl2OSi/c1-26(2,3)30(23-15-6-4-7-16-23,24-17-8-5-9-18-24)29-22-14-10-12-21(20-22)13-11-19-25(27)28/h4-9,11,13,15-19,21-22H,10,12,14,20H2,1-3H3/b13-11-/t21-,22-/m1/s1. The zero-order valence-corrected chi connectivity index (χ0v) is 20.7. The van der Waals surface area contributed by atoms with Crippen LogP contribution in [0, 0.1) is 5.92 Å². The van der Waals surface area contributed by atoms with E-state index in [-0.39, 0.29) is 11.1 Å². The van der Waals surface area contributed by atoms with Gasteiger partial charge in [-0.2, -0.15) is 0 Å². The Balaban J connectivity index is 1.97. The van der Waals surface area contributed by atoms with Gasteiger partial charge in [0.25, 0.3) is 8.32 Å². The summed E-state index contributed by atoms with van der Waals surface area (Å²) in [5.74, 6) is 0.492. The lowest BCUT2D eigenvalue weighted by molar-refractivity contribution is 0.126. The van der Waals surface area contributed by atoms with Gasteiger partial charge in [-0.25, -0.2) is 0 Å². The molecule has 2 aromatic rings. The fourth-order valence-corrected chi connectivity index (χ4v) is 9.56. The number of hydrogen-bond acceptors (Lipinski definition) is 1. The van der Waals surface area contributed by atoms with E-state index in [9.17, 15) is 0 Å². The summed E-state index contributed by atoms with van der Waals surface area (Å²) in [6.45, 7) is 7.02. The first kappa shape index (κ1) is 23.3. The van der Waals surface area contributed by atoms with Crippen LogP contribution in [-0.4, -0.2) is 14.4 Å². The molecule has 30 heavy (non-hydrogen) atoms. The lowest BCUT2D eigenvalue weighted by Crippen LogP contribution is -2.67. The molecule has 0 aromatic heterocycles. The van der Waals surface area contributed by atoms with Crippen molar-refractivity contribution in [2.45, 2.75) is 57.6 Å². The van der Waals surface area contributed by atoms with Gasteiger partial charge in [0.2, 0.25) is 0 Å². The van der Waals surface area contributed by atoms with Crippen LogP contribution in [0.1, 0.15) is 46.5 Å². The first-order valence-corrected chi connectivity index (χ1v) is 13.5. The van der Waals surface area contributed by atoms with Gasteiger partial charge in [0.05, 0.1) is 0 Å². The van der Waals surface area contributed by atoms with Crippen LogP contribution in [0.25, 0.3) is 0 Å². The molecular formula is C26H32Cl2OSi. The fraction of sp³-hybridized carbons (Fsp3) is 0.385. The van der Waals surface area contributed by atoms with E-state index in [1.807, 2.05) is 6.08 Å². The van der Waals surface area contributed by atoms with Gasteiger partial charge in [-0.15, -0.1) is 0 Å². The Morgan fingerprint density at radius 1 is 0.933 bits per heavy atom. The Bertz CT molecular complexity index is 812. The maximum absolute atomic E-state index is 7.31. The lowest BCUT2D eigenvalue weighted by atomic mass is 9.87. The zero-order chi connectivity index (χ0) is 21.6. The second kappa shape index (κ2) is 10.3. The number of hydrogen-bond donors (Lipinski definition) is 0. The third-order valence-electron chi connectivity index (χ3n) is 6.03. The average Bonchev–Trinajstić information content (AvgIpc) is 2.72. The van der Waals surface area contributed by atoms with Gasteiger partial charge >= 0.3 is 0 Å². The quantitative estimate of drug-likeness (QED) is 0.334. The van der Waals surface area contributed by atoms with Crippen LogP contribution in [0.3, 0.4) is 0 Å². The third kappa shape index (κ3) is 5.48. The second-order valence-electron chi connectivity index (χ2n) is 9.17. The van der Waals surface area contributed by atoms with Crippen LogP contribution >= 0.6 is 23.2 Å². The minimum Gasteiger partial charge on any atom is -0.404 e. The summed E-state index contributed by atoms with van der Waals surface area (Å²) in [5, 5.41) is 2.70. The first-order valence-electron chi connectivity index (χ1n) is 10.8. The minimum atomic E-state index is -2.49. The summed E-state index contributed by atoms with van der Waals surface area (Å²) in [4.78, 5) is 0. The molecule has 1 fully saturated rings. The Labute approximate surface area is 192 Å². The van der Waals surface area contributed by atoms with Gasteiger partial charge in [0, 0.05) is 6.10 Å².